The fourth-order valence-corrected chi connectivity index (χ4v) is 4.11. The van der Waals surface area contributed by atoms with E-state index in [9.17, 15) is 0 Å². The molecule has 0 N–H and O–H groups in total. The Morgan fingerprint density at radius 1 is 0.875 bits per heavy atom. The summed E-state index contributed by atoms with van der Waals surface area (Å²) in [5.41, 5.74) is 1.12. The van der Waals surface area contributed by atoms with Crippen LogP contribution in [0.4, 0.5) is 0 Å². The van der Waals surface area contributed by atoms with Gasteiger partial charge in [-0.15, -0.1) is 0 Å². The molecule has 0 aliphatic heterocycles. The van der Waals surface area contributed by atoms with Crippen LogP contribution in [0, 0.1) is 10.8 Å². The van der Waals surface area contributed by atoms with Crippen molar-refractivity contribution < 1.29 is 4.74 Å². The van der Waals surface area contributed by atoms with Crippen LogP contribution in [0.2, 0.25) is 0 Å². The Morgan fingerprint density at radius 3 is 2.12 bits per heavy atom. The van der Waals surface area contributed by atoms with E-state index in [4.69, 9.17) is 4.74 Å². The first-order chi connectivity index (χ1) is 7.60. The molecule has 0 amide bonds. The molecular formula is C15H28O. The van der Waals surface area contributed by atoms with Crippen molar-refractivity contribution in [2.24, 2.45) is 10.8 Å². The van der Waals surface area contributed by atoms with Gasteiger partial charge in [0.2, 0.25) is 0 Å². The molecule has 0 radical (unpaired) electrons. The molecule has 1 heteroatoms. The Bertz CT molecular complexity index is 230. The van der Waals surface area contributed by atoms with Crippen molar-refractivity contribution in [2.45, 2.75) is 77.7 Å². The Hall–Kier alpha value is -0.0400. The maximum Gasteiger partial charge on any atom is 0.0576 e. The molecule has 2 saturated carbocycles. The minimum Gasteiger partial charge on any atom is -0.381 e. The topological polar surface area (TPSA) is 9.23 Å². The van der Waals surface area contributed by atoms with Crippen LogP contribution in [-0.4, -0.2) is 13.2 Å². The van der Waals surface area contributed by atoms with Gasteiger partial charge in [-0.2, -0.15) is 0 Å². The predicted octanol–water partition coefficient (Wildman–Crippen LogP) is 4.55. The van der Waals surface area contributed by atoms with E-state index in [-0.39, 0.29) is 0 Å². The van der Waals surface area contributed by atoms with Gasteiger partial charge in [0.05, 0.1) is 6.10 Å². The molecule has 16 heavy (non-hydrogen) atoms. The lowest BCUT2D eigenvalue weighted by Crippen LogP contribution is -2.44. The average molecular weight is 224 g/mol. The van der Waals surface area contributed by atoms with Gasteiger partial charge in [0.25, 0.3) is 0 Å². The summed E-state index contributed by atoms with van der Waals surface area (Å²) < 4.78 is 5.62. The van der Waals surface area contributed by atoms with Crippen LogP contribution in [0.5, 0.6) is 0 Å². The van der Waals surface area contributed by atoms with E-state index < -0.39 is 0 Å². The van der Waals surface area contributed by atoms with Crippen LogP contribution < -0.4 is 0 Å². The molecule has 0 saturated heterocycles. The van der Waals surface area contributed by atoms with Crippen molar-refractivity contribution in [3.8, 4) is 0 Å². The van der Waals surface area contributed by atoms with Crippen LogP contribution in [-0.2, 0) is 4.74 Å². The standard InChI is InChI=1S/C15H28O/c1-14(9-5-4-6-10-14)15(2)11-7-8-13(12-15)16-3/h13H,4-12H2,1-3H3. The molecule has 2 aliphatic rings. The van der Waals surface area contributed by atoms with Gasteiger partial charge in [0.1, 0.15) is 0 Å². The van der Waals surface area contributed by atoms with Crippen LogP contribution >= 0.6 is 0 Å². The van der Waals surface area contributed by atoms with Crippen molar-refractivity contribution in [3.63, 3.8) is 0 Å². The van der Waals surface area contributed by atoms with Gasteiger partial charge >= 0.3 is 0 Å². The molecule has 2 rings (SSSR count). The lowest BCUT2D eigenvalue weighted by Gasteiger charge is -2.52. The minimum atomic E-state index is 0.525. The molecule has 2 atom stereocenters. The third kappa shape index (κ3) is 2.16. The maximum absolute atomic E-state index is 5.62. The highest BCUT2D eigenvalue weighted by molar-refractivity contribution is 4.97. The minimum absolute atomic E-state index is 0.525. The highest BCUT2D eigenvalue weighted by Crippen LogP contribution is 2.56. The Kier molecular flexibility index (Phi) is 3.63. The van der Waals surface area contributed by atoms with E-state index in [1.807, 2.05) is 7.11 Å². The zero-order chi connectivity index (χ0) is 11.6. The van der Waals surface area contributed by atoms with Gasteiger partial charge in [-0.25, -0.2) is 0 Å². The van der Waals surface area contributed by atoms with Gasteiger partial charge in [0, 0.05) is 7.11 Å². The number of hydrogen-bond acceptors (Lipinski definition) is 1. The highest BCUT2D eigenvalue weighted by Gasteiger charge is 2.47. The van der Waals surface area contributed by atoms with E-state index in [2.05, 4.69) is 13.8 Å². The predicted molar refractivity (Wildman–Crippen MR) is 68.6 cm³/mol. The molecule has 94 valence electrons. The lowest BCUT2D eigenvalue weighted by atomic mass is 9.53. The van der Waals surface area contributed by atoms with E-state index in [1.54, 1.807) is 0 Å². The van der Waals surface area contributed by atoms with Crippen molar-refractivity contribution in [3.05, 3.63) is 0 Å². The fraction of sp³-hybridized carbons (Fsp3) is 1.00. The second-order valence-corrected chi connectivity index (χ2v) is 6.64. The second-order valence-electron chi connectivity index (χ2n) is 6.64. The third-order valence-corrected chi connectivity index (χ3v) is 5.68. The Morgan fingerprint density at radius 2 is 1.50 bits per heavy atom. The maximum atomic E-state index is 5.62. The van der Waals surface area contributed by atoms with Crippen LogP contribution in [0.3, 0.4) is 0 Å². The Balaban J connectivity index is 2.09. The number of hydrogen-bond donors (Lipinski definition) is 0. The van der Waals surface area contributed by atoms with Crippen molar-refractivity contribution in [1.82, 2.24) is 0 Å². The number of rotatable bonds is 2. The van der Waals surface area contributed by atoms with Crippen molar-refractivity contribution >= 4 is 0 Å². The molecule has 0 aromatic carbocycles. The number of ether oxygens (including phenoxy) is 1. The average Bonchev–Trinajstić information content (AvgIpc) is 2.30. The van der Waals surface area contributed by atoms with E-state index in [0.717, 1.165) is 0 Å². The molecule has 2 unspecified atom stereocenters. The van der Waals surface area contributed by atoms with Gasteiger partial charge in [-0.1, -0.05) is 39.5 Å². The summed E-state index contributed by atoms with van der Waals surface area (Å²) in [5.74, 6) is 0. The van der Waals surface area contributed by atoms with E-state index in [0.29, 0.717) is 16.9 Å². The van der Waals surface area contributed by atoms with Gasteiger partial charge in [0.15, 0.2) is 0 Å². The van der Waals surface area contributed by atoms with Crippen LogP contribution in [0.25, 0.3) is 0 Å². The first-order valence-corrected chi connectivity index (χ1v) is 7.12. The highest BCUT2D eigenvalue weighted by atomic mass is 16.5. The summed E-state index contributed by atoms with van der Waals surface area (Å²) in [6.07, 6.45) is 13.1. The lowest BCUT2D eigenvalue weighted by molar-refractivity contribution is -0.0610. The second kappa shape index (κ2) is 4.68. The SMILES string of the molecule is COC1CCCC(C)(C2(C)CCCCC2)C1. The largest absolute Gasteiger partial charge is 0.381 e. The van der Waals surface area contributed by atoms with E-state index >= 15 is 0 Å². The Labute approximate surface area is 101 Å². The molecule has 0 spiro atoms. The number of methoxy groups -OCH3 is 1. The van der Waals surface area contributed by atoms with Crippen LogP contribution in [0.15, 0.2) is 0 Å². The van der Waals surface area contributed by atoms with Crippen molar-refractivity contribution in [1.29, 1.82) is 0 Å². The first kappa shape index (κ1) is 12.4. The first-order valence-electron chi connectivity index (χ1n) is 7.12. The summed E-state index contributed by atoms with van der Waals surface area (Å²) in [7, 11) is 1.89. The fourth-order valence-electron chi connectivity index (χ4n) is 4.11. The molecular weight excluding hydrogens is 196 g/mol. The quantitative estimate of drug-likeness (QED) is 0.668. The molecule has 0 aromatic heterocycles. The molecule has 2 aliphatic carbocycles. The summed E-state index contributed by atoms with van der Waals surface area (Å²) in [6, 6.07) is 0. The monoisotopic (exact) mass is 224 g/mol. The third-order valence-electron chi connectivity index (χ3n) is 5.68. The normalized spacial score (nSPS) is 39.6. The summed E-state index contributed by atoms with van der Waals surface area (Å²) in [4.78, 5) is 0. The van der Waals surface area contributed by atoms with E-state index in [1.165, 1.54) is 57.8 Å². The summed E-state index contributed by atoms with van der Waals surface area (Å²) >= 11 is 0. The smallest absolute Gasteiger partial charge is 0.0576 e. The molecule has 2 fully saturated rings. The molecule has 0 bridgehead atoms. The zero-order valence-corrected chi connectivity index (χ0v) is 11.3. The van der Waals surface area contributed by atoms with Gasteiger partial charge in [-0.05, 0) is 42.9 Å². The summed E-state index contributed by atoms with van der Waals surface area (Å²) in [5, 5.41) is 0. The summed E-state index contributed by atoms with van der Waals surface area (Å²) in [6.45, 7) is 5.08. The van der Waals surface area contributed by atoms with Gasteiger partial charge in [-0.3, -0.25) is 0 Å². The van der Waals surface area contributed by atoms with Crippen LogP contribution in [0.1, 0.15) is 71.6 Å². The molecule has 0 aromatic rings. The molecule has 1 nitrogen and oxygen atoms in total. The molecule has 0 heterocycles. The van der Waals surface area contributed by atoms with Gasteiger partial charge < -0.3 is 4.74 Å². The zero-order valence-electron chi connectivity index (χ0n) is 11.3. The van der Waals surface area contributed by atoms with Crippen molar-refractivity contribution in [2.75, 3.05) is 7.11 Å².